The third-order valence-electron chi connectivity index (χ3n) is 5.33. The normalized spacial score (nSPS) is 15.6. The minimum Gasteiger partial charge on any atom is -0.341 e. The van der Waals surface area contributed by atoms with Gasteiger partial charge in [-0.2, -0.15) is 0 Å². The molecule has 1 unspecified atom stereocenters. The van der Waals surface area contributed by atoms with Crippen LogP contribution in [-0.4, -0.2) is 41.6 Å². The lowest BCUT2D eigenvalue weighted by molar-refractivity contribution is -0.136. The number of hydrogen-bond donors (Lipinski definition) is 1. The first-order valence-electron chi connectivity index (χ1n) is 10.2. The fourth-order valence-corrected chi connectivity index (χ4v) is 3.60. The van der Waals surface area contributed by atoms with Crippen LogP contribution in [0.15, 0.2) is 54.6 Å². The van der Waals surface area contributed by atoms with E-state index in [-0.39, 0.29) is 17.4 Å². The molecule has 3 rings (SSSR count). The van der Waals surface area contributed by atoms with Crippen molar-refractivity contribution < 1.29 is 23.2 Å². The van der Waals surface area contributed by atoms with Gasteiger partial charge in [0, 0.05) is 25.1 Å². The van der Waals surface area contributed by atoms with E-state index in [9.17, 15) is 23.2 Å². The first kappa shape index (κ1) is 22.3. The highest BCUT2D eigenvalue weighted by Crippen LogP contribution is 2.24. The maximum Gasteiger partial charge on any atom is 0.244 e. The Balaban J connectivity index is 1.51. The van der Waals surface area contributed by atoms with Crippen molar-refractivity contribution in [2.24, 2.45) is 5.92 Å². The second-order valence-electron chi connectivity index (χ2n) is 7.56. The summed E-state index contributed by atoms with van der Waals surface area (Å²) in [6.45, 7) is 2.23. The smallest absolute Gasteiger partial charge is 0.244 e. The van der Waals surface area contributed by atoms with Crippen LogP contribution in [0.25, 0.3) is 6.08 Å². The number of benzene rings is 2. The molecule has 0 aromatic heterocycles. The second-order valence-corrected chi connectivity index (χ2v) is 7.56. The fourth-order valence-electron chi connectivity index (χ4n) is 3.60. The van der Waals surface area contributed by atoms with Crippen molar-refractivity contribution in [3.63, 3.8) is 0 Å². The van der Waals surface area contributed by atoms with Gasteiger partial charge in [0.05, 0.1) is 5.56 Å². The lowest BCUT2D eigenvalue weighted by atomic mass is 9.88. The largest absolute Gasteiger partial charge is 0.341 e. The average molecular weight is 426 g/mol. The number of hydrogen-bond acceptors (Lipinski definition) is 3. The van der Waals surface area contributed by atoms with Gasteiger partial charge in [-0.05, 0) is 49.6 Å². The zero-order valence-corrected chi connectivity index (χ0v) is 17.2. The third-order valence-corrected chi connectivity index (χ3v) is 5.33. The van der Waals surface area contributed by atoms with Crippen molar-refractivity contribution in [2.75, 3.05) is 13.1 Å². The Kier molecular flexibility index (Phi) is 7.28. The number of carbonyl (C=O) groups is 3. The van der Waals surface area contributed by atoms with Crippen LogP contribution in [0.2, 0.25) is 0 Å². The van der Waals surface area contributed by atoms with Gasteiger partial charge >= 0.3 is 0 Å². The Labute approximate surface area is 179 Å². The van der Waals surface area contributed by atoms with Crippen molar-refractivity contribution in [3.8, 4) is 0 Å². The van der Waals surface area contributed by atoms with Gasteiger partial charge < -0.3 is 10.2 Å². The predicted octanol–water partition coefficient (Wildman–Crippen LogP) is 3.60. The summed E-state index contributed by atoms with van der Waals surface area (Å²) in [5, 5.41) is 2.65. The van der Waals surface area contributed by atoms with E-state index in [0.29, 0.717) is 25.9 Å². The number of carbonyl (C=O) groups excluding carboxylic acids is 3. The number of Topliss-reactive ketones (excluding diaryl/α,β-unsaturated/α-hetero) is 1. The van der Waals surface area contributed by atoms with E-state index in [0.717, 1.165) is 23.8 Å². The molecule has 0 aliphatic carbocycles. The minimum absolute atomic E-state index is 0.246. The van der Waals surface area contributed by atoms with Crippen molar-refractivity contribution in [3.05, 3.63) is 77.4 Å². The SMILES string of the molecule is CC(NC(=O)/C=C/c1ccccc1)C(=O)N1CCC(C(=O)c2cc(F)ccc2F)CC1. The molecule has 31 heavy (non-hydrogen) atoms. The molecule has 2 aromatic carbocycles. The Bertz CT molecular complexity index is 984. The van der Waals surface area contributed by atoms with Gasteiger partial charge in [-0.25, -0.2) is 8.78 Å². The molecule has 0 spiro atoms. The number of ketones is 1. The topological polar surface area (TPSA) is 66.5 Å². The monoisotopic (exact) mass is 426 g/mol. The molecule has 2 amide bonds. The molecule has 1 aliphatic rings. The second kappa shape index (κ2) is 10.1. The molecular weight excluding hydrogens is 402 g/mol. The highest BCUT2D eigenvalue weighted by atomic mass is 19.1. The summed E-state index contributed by atoms with van der Waals surface area (Å²) in [6, 6.07) is 11.4. The van der Waals surface area contributed by atoms with Crippen LogP contribution in [0.5, 0.6) is 0 Å². The molecule has 1 N–H and O–H groups in total. The van der Waals surface area contributed by atoms with Crippen molar-refractivity contribution in [1.29, 1.82) is 0 Å². The van der Waals surface area contributed by atoms with Crippen molar-refractivity contribution in [1.82, 2.24) is 10.2 Å². The molecule has 162 valence electrons. The molecular formula is C24H24F2N2O3. The first-order valence-corrected chi connectivity index (χ1v) is 10.2. The first-order chi connectivity index (χ1) is 14.8. The third kappa shape index (κ3) is 5.84. The minimum atomic E-state index is -0.746. The number of piperidine rings is 1. The maximum absolute atomic E-state index is 13.9. The van der Waals surface area contributed by atoms with E-state index in [2.05, 4.69) is 5.32 Å². The molecule has 2 aromatic rings. The lowest BCUT2D eigenvalue weighted by Gasteiger charge is -2.33. The van der Waals surface area contributed by atoms with Gasteiger partial charge in [0.15, 0.2) is 5.78 Å². The predicted molar refractivity (Wildman–Crippen MR) is 113 cm³/mol. The summed E-state index contributed by atoms with van der Waals surface area (Å²) in [6.07, 6.45) is 3.75. The Hall–Kier alpha value is -3.35. The van der Waals surface area contributed by atoms with Crippen LogP contribution in [0.4, 0.5) is 8.78 Å². The summed E-state index contributed by atoms with van der Waals surface area (Å²) in [5.41, 5.74) is 0.619. The standard InChI is InChI=1S/C24H24F2N2O3/c1-16(27-22(29)10-7-17-5-3-2-4-6-17)24(31)28-13-11-18(12-14-28)23(30)20-15-19(25)8-9-21(20)26/h2-10,15-16,18H,11-14H2,1H3,(H,27,29)/b10-7+. The maximum atomic E-state index is 13.9. The summed E-state index contributed by atoms with van der Waals surface area (Å²) in [5.74, 6) is -2.95. The van der Waals surface area contributed by atoms with E-state index >= 15 is 0 Å². The van der Waals surface area contributed by atoms with Gasteiger partial charge in [0.1, 0.15) is 17.7 Å². The summed E-state index contributed by atoms with van der Waals surface area (Å²) in [4.78, 5) is 38.9. The summed E-state index contributed by atoms with van der Waals surface area (Å²) >= 11 is 0. The molecule has 1 atom stereocenters. The van der Waals surface area contributed by atoms with Gasteiger partial charge in [0.2, 0.25) is 11.8 Å². The van der Waals surface area contributed by atoms with Crippen LogP contribution in [0.3, 0.4) is 0 Å². The number of rotatable bonds is 6. The van der Waals surface area contributed by atoms with E-state index in [1.54, 1.807) is 17.9 Å². The summed E-state index contributed by atoms with van der Waals surface area (Å²) in [7, 11) is 0. The Morgan fingerprint density at radius 1 is 1.06 bits per heavy atom. The van der Waals surface area contributed by atoms with Gasteiger partial charge in [0.25, 0.3) is 0 Å². The fraction of sp³-hybridized carbons (Fsp3) is 0.292. The molecule has 1 fully saturated rings. The number of likely N-dealkylation sites (tertiary alicyclic amines) is 1. The van der Waals surface area contributed by atoms with Gasteiger partial charge in [-0.3, -0.25) is 14.4 Å². The van der Waals surface area contributed by atoms with Crippen molar-refractivity contribution in [2.45, 2.75) is 25.8 Å². The van der Waals surface area contributed by atoms with E-state index in [1.165, 1.54) is 6.08 Å². The highest BCUT2D eigenvalue weighted by molar-refractivity contribution is 5.98. The molecule has 1 heterocycles. The summed E-state index contributed by atoms with van der Waals surface area (Å²) < 4.78 is 27.3. The number of amides is 2. The van der Waals surface area contributed by atoms with Crippen LogP contribution in [0.1, 0.15) is 35.7 Å². The quantitative estimate of drug-likeness (QED) is 0.567. The molecule has 0 radical (unpaired) electrons. The number of halogens is 2. The van der Waals surface area contributed by atoms with Crippen molar-refractivity contribution >= 4 is 23.7 Å². The zero-order chi connectivity index (χ0) is 22.4. The van der Waals surface area contributed by atoms with Crippen LogP contribution < -0.4 is 5.32 Å². The molecule has 5 nitrogen and oxygen atoms in total. The molecule has 1 aliphatic heterocycles. The number of nitrogens with zero attached hydrogens (tertiary/aromatic N) is 1. The zero-order valence-electron chi connectivity index (χ0n) is 17.2. The van der Waals surface area contributed by atoms with Gasteiger partial charge in [-0.15, -0.1) is 0 Å². The molecule has 0 saturated carbocycles. The van der Waals surface area contributed by atoms with E-state index < -0.39 is 29.4 Å². The van der Waals surface area contributed by atoms with Crippen LogP contribution in [-0.2, 0) is 9.59 Å². The average Bonchev–Trinajstić information content (AvgIpc) is 2.79. The van der Waals surface area contributed by atoms with E-state index in [1.807, 2.05) is 30.3 Å². The van der Waals surface area contributed by atoms with Gasteiger partial charge in [-0.1, -0.05) is 30.3 Å². The lowest BCUT2D eigenvalue weighted by Crippen LogP contribution is -2.49. The van der Waals surface area contributed by atoms with Crippen LogP contribution in [0, 0.1) is 17.6 Å². The highest BCUT2D eigenvalue weighted by Gasteiger charge is 2.31. The van der Waals surface area contributed by atoms with Crippen LogP contribution >= 0.6 is 0 Å². The molecule has 7 heteroatoms. The Morgan fingerprint density at radius 2 is 1.74 bits per heavy atom. The van der Waals surface area contributed by atoms with E-state index in [4.69, 9.17) is 0 Å². The Morgan fingerprint density at radius 3 is 2.42 bits per heavy atom. The molecule has 1 saturated heterocycles. The molecule has 0 bridgehead atoms. The number of nitrogens with one attached hydrogen (secondary N) is 1.